The molecule has 1 fully saturated rings. The van der Waals surface area contributed by atoms with Crippen LogP contribution in [0.25, 0.3) is 0 Å². The van der Waals surface area contributed by atoms with Crippen molar-refractivity contribution < 1.29 is 9.53 Å². The first kappa shape index (κ1) is 21.6. The lowest BCUT2D eigenvalue weighted by atomic mass is 10.0. The van der Waals surface area contributed by atoms with Gasteiger partial charge in [-0.3, -0.25) is 9.69 Å². The maximum atomic E-state index is 12.4. The van der Waals surface area contributed by atoms with Gasteiger partial charge in [0.1, 0.15) is 5.82 Å². The van der Waals surface area contributed by atoms with Crippen molar-refractivity contribution in [3.63, 3.8) is 0 Å². The van der Waals surface area contributed by atoms with E-state index < -0.39 is 0 Å². The third kappa shape index (κ3) is 5.56. The summed E-state index contributed by atoms with van der Waals surface area (Å²) in [6, 6.07) is 10.7. The van der Waals surface area contributed by atoms with Crippen LogP contribution in [-0.4, -0.2) is 41.9 Å². The van der Waals surface area contributed by atoms with Crippen LogP contribution in [0.2, 0.25) is 0 Å². The fraction of sp³-hybridized carbons (Fsp3) is 0.520. The highest BCUT2D eigenvalue weighted by molar-refractivity contribution is 5.92. The number of ketones is 1. The number of benzene rings is 1. The summed E-state index contributed by atoms with van der Waals surface area (Å²) in [6.45, 7) is 7.18. The molecule has 0 radical (unpaired) electrons. The number of carbonyl (C=O) groups excluding carboxylic acids is 1. The predicted molar refractivity (Wildman–Crippen MR) is 124 cm³/mol. The van der Waals surface area contributed by atoms with Gasteiger partial charge in [-0.05, 0) is 43.5 Å². The smallest absolute Gasteiger partial charge is 0.217 e. The van der Waals surface area contributed by atoms with Crippen LogP contribution in [0.3, 0.4) is 0 Å². The van der Waals surface area contributed by atoms with Gasteiger partial charge in [-0.25, -0.2) is 0 Å². The van der Waals surface area contributed by atoms with Gasteiger partial charge >= 0.3 is 0 Å². The molecule has 6 nitrogen and oxygen atoms in total. The van der Waals surface area contributed by atoms with Crippen molar-refractivity contribution in [2.24, 2.45) is 0 Å². The molecule has 2 aliphatic heterocycles. The fourth-order valence-corrected chi connectivity index (χ4v) is 4.53. The van der Waals surface area contributed by atoms with E-state index >= 15 is 0 Å². The van der Waals surface area contributed by atoms with Crippen LogP contribution in [0.15, 0.2) is 30.3 Å². The summed E-state index contributed by atoms with van der Waals surface area (Å²) < 4.78 is 5.81. The number of piperidine rings is 1. The van der Waals surface area contributed by atoms with Gasteiger partial charge in [0.15, 0.2) is 5.78 Å². The number of anilines is 2. The summed E-state index contributed by atoms with van der Waals surface area (Å²) in [5.41, 5.74) is 10.6. The number of nitrogens with zero attached hydrogens (tertiary/aromatic N) is 3. The monoisotopic (exact) mass is 422 g/mol. The normalized spacial score (nSPS) is 16.9. The molecule has 31 heavy (non-hydrogen) atoms. The standard InChI is InChI=1S/C25H34N4O2/c1-2-3-12-31-24-15-23-22(25(26)27-24)14-21(30)18-29(23)17-20-9-7-8-19(13-20)16-28-10-5-4-6-11-28/h7-9,13,15H,2-6,10-12,14,16-18H2,1H3,(H2,26,27). The molecule has 166 valence electrons. The third-order valence-electron chi connectivity index (χ3n) is 6.16. The number of likely N-dealkylation sites (tertiary alicyclic amines) is 1. The molecule has 4 rings (SSSR count). The Morgan fingerprint density at radius 1 is 1.10 bits per heavy atom. The molecule has 0 aliphatic carbocycles. The number of carbonyl (C=O) groups is 1. The highest BCUT2D eigenvalue weighted by atomic mass is 16.5. The molecule has 0 bridgehead atoms. The third-order valence-corrected chi connectivity index (χ3v) is 6.16. The number of aromatic nitrogens is 1. The van der Waals surface area contributed by atoms with Crippen LogP contribution in [0.5, 0.6) is 5.88 Å². The predicted octanol–water partition coefficient (Wildman–Crippen LogP) is 3.96. The van der Waals surface area contributed by atoms with Crippen LogP contribution in [0, 0.1) is 0 Å². The molecule has 6 heteroatoms. The SMILES string of the molecule is CCCCOc1cc2c(c(N)n1)CC(=O)CN2Cc1cccc(CN2CCCCC2)c1. The molecule has 1 aromatic carbocycles. The van der Waals surface area contributed by atoms with Crippen molar-refractivity contribution in [3.8, 4) is 5.88 Å². The van der Waals surface area contributed by atoms with Crippen LogP contribution in [0.4, 0.5) is 11.5 Å². The molecule has 2 aromatic rings. The highest BCUT2D eigenvalue weighted by Gasteiger charge is 2.26. The molecule has 0 saturated carbocycles. The number of unbranched alkanes of at least 4 members (excludes halogenated alkanes) is 1. The summed E-state index contributed by atoms with van der Waals surface area (Å²) >= 11 is 0. The van der Waals surface area contributed by atoms with E-state index in [0.717, 1.165) is 30.6 Å². The summed E-state index contributed by atoms with van der Waals surface area (Å²) in [4.78, 5) is 21.5. The average Bonchev–Trinajstić information content (AvgIpc) is 2.76. The molecule has 0 atom stereocenters. The van der Waals surface area contributed by atoms with E-state index in [9.17, 15) is 4.79 Å². The molecule has 2 aliphatic rings. The zero-order valence-electron chi connectivity index (χ0n) is 18.6. The summed E-state index contributed by atoms with van der Waals surface area (Å²) in [5, 5.41) is 0. The molecule has 3 heterocycles. The highest BCUT2D eigenvalue weighted by Crippen LogP contribution is 2.33. The first-order valence-electron chi connectivity index (χ1n) is 11.6. The largest absolute Gasteiger partial charge is 0.478 e. The van der Waals surface area contributed by atoms with Crippen molar-refractivity contribution in [2.75, 3.05) is 36.9 Å². The molecule has 0 amide bonds. The van der Waals surface area contributed by atoms with Gasteiger partial charge in [0.2, 0.25) is 5.88 Å². The number of hydrogen-bond donors (Lipinski definition) is 1. The Hall–Kier alpha value is -2.60. The lowest BCUT2D eigenvalue weighted by Crippen LogP contribution is -2.36. The Kier molecular flexibility index (Phi) is 7.07. The zero-order chi connectivity index (χ0) is 21.6. The topological polar surface area (TPSA) is 71.7 Å². The fourth-order valence-electron chi connectivity index (χ4n) is 4.53. The van der Waals surface area contributed by atoms with E-state index in [1.807, 2.05) is 6.07 Å². The van der Waals surface area contributed by atoms with E-state index in [2.05, 4.69) is 46.0 Å². The van der Waals surface area contributed by atoms with E-state index in [4.69, 9.17) is 10.5 Å². The number of nitrogens with two attached hydrogens (primary N) is 1. The van der Waals surface area contributed by atoms with Crippen LogP contribution >= 0.6 is 0 Å². The molecule has 0 spiro atoms. The maximum Gasteiger partial charge on any atom is 0.217 e. The Morgan fingerprint density at radius 2 is 1.87 bits per heavy atom. The first-order chi connectivity index (χ1) is 15.1. The van der Waals surface area contributed by atoms with E-state index in [1.165, 1.54) is 43.5 Å². The van der Waals surface area contributed by atoms with E-state index in [-0.39, 0.29) is 5.78 Å². The summed E-state index contributed by atoms with van der Waals surface area (Å²) in [5.74, 6) is 1.12. The van der Waals surface area contributed by atoms with Crippen molar-refractivity contribution >= 4 is 17.3 Å². The minimum atomic E-state index is 0.171. The Bertz CT molecular complexity index is 908. The summed E-state index contributed by atoms with van der Waals surface area (Å²) in [7, 11) is 0. The molecule has 1 aromatic heterocycles. The van der Waals surface area contributed by atoms with Crippen LogP contribution in [0.1, 0.15) is 55.7 Å². The Labute approximate surface area is 185 Å². The van der Waals surface area contributed by atoms with Gasteiger partial charge in [-0.2, -0.15) is 4.98 Å². The molecular formula is C25H34N4O2. The molecule has 2 N–H and O–H groups in total. The zero-order valence-corrected chi connectivity index (χ0v) is 18.6. The van der Waals surface area contributed by atoms with Gasteiger partial charge in [0.25, 0.3) is 0 Å². The van der Waals surface area contributed by atoms with Crippen molar-refractivity contribution in [2.45, 2.75) is 58.5 Å². The van der Waals surface area contributed by atoms with Gasteiger partial charge < -0.3 is 15.4 Å². The quantitative estimate of drug-likeness (QED) is 0.649. The second-order valence-electron chi connectivity index (χ2n) is 8.77. The van der Waals surface area contributed by atoms with Crippen LogP contribution < -0.4 is 15.4 Å². The average molecular weight is 423 g/mol. The van der Waals surface area contributed by atoms with Gasteiger partial charge in [-0.1, -0.05) is 44.0 Å². The number of nitrogen functional groups attached to an aromatic ring is 1. The molecule has 0 unspecified atom stereocenters. The van der Waals surface area contributed by atoms with Crippen LogP contribution in [-0.2, 0) is 24.3 Å². The van der Waals surface area contributed by atoms with Crippen molar-refractivity contribution in [1.82, 2.24) is 9.88 Å². The number of hydrogen-bond acceptors (Lipinski definition) is 6. The lowest BCUT2D eigenvalue weighted by molar-refractivity contribution is -0.117. The summed E-state index contributed by atoms with van der Waals surface area (Å²) in [6.07, 6.45) is 6.32. The lowest BCUT2D eigenvalue weighted by Gasteiger charge is -2.31. The van der Waals surface area contributed by atoms with Crippen molar-refractivity contribution in [1.29, 1.82) is 0 Å². The minimum absolute atomic E-state index is 0.171. The Morgan fingerprint density at radius 3 is 2.65 bits per heavy atom. The Balaban J connectivity index is 1.52. The second kappa shape index (κ2) is 10.1. The number of pyridine rings is 1. The number of fused-ring (bicyclic) bond motifs is 1. The number of rotatable bonds is 8. The number of ether oxygens (including phenoxy) is 1. The molecule has 1 saturated heterocycles. The van der Waals surface area contributed by atoms with Gasteiger partial charge in [0, 0.05) is 31.1 Å². The minimum Gasteiger partial charge on any atom is -0.478 e. The van der Waals surface area contributed by atoms with Gasteiger partial charge in [0.05, 0.1) is 18.8 Å². The first-order valence-corrected chi connectivity index (χ1v) is 11.6. The number of Topliss-reactive ketones (excluding diaryl/α,β-unsaturated/α-hetero) is 1. The second-order valence-corrected chi connectivity index (χ2v) is 8.77. The van der Waals surface area contributed by atoms with E-state index in [0.29, 0.717) is 37.8 Å². The van der Waals surface area contributed by atoms with Gasteiger partial charge in [-0.15, -0.1) is 0 Å². The van der Waals surface area contributed by atoms with Crippen molar-refractivity contribution in [3.05, 3.63) is 47.0 Å². The maximum absolute atomic E-state index is 12.4. The van der Waals surface area contributed by atoms with E-state index in [1.54, 1.807) is 0 Å². The molecular weight excluding hydrogens is 388 g/mol.